The van der Waals surface area contributed by atoms with Gasteiger partial charge in [0.1, 0.15) is 0 Å². The molecule has 0 fully saturated rings. The number of rotatable bonds is 6. The van der Waals surface area contributed by atoms with Crippen molar-refractivity contribution in [2.75, 3.05) is 6.54 Å². The number of aliphatic hydroxyl groups is 1. The molecule has 3 aromatic rings. The van der Waals surface area contributed by atoms with Crippen molar-refractivity contribution < 1.29 is 15.0 Å². The third-order valence-electron chi connectivity index (χ3n) is 5.82. The van der Waals surface area contributed by atoms with Gasteiger partial charge in [-0.25, -0.2) is 4.79 Å². The maximum absolute atomic E-state index is 11.2. The summed E-state index contributed by atoms with van der Waals surface area (Å²) in [5, 5.41) is 24.2. The molecule has 3 aromatic carbocycles. The molecule has 168 valence electrons. The van der Waals surface area contributed by atoms with Gasteiger partial charge >= 0.3 is 5.97 Å². The molecule has 1 aliphatic rings. The Labute approximate surface area is 203 Å². The summed E-state index contributed by atoms with van der Waals surface area (Å²) in [7, 11) is 0. The highest BCUT2D eigenvalue weighted by Crippen LogP contribution is 2.32. The van der Waals surface area contributed by atoms with Crippen molar-refractivity contribution in [1.29, 1.82) is 0 Å². The Morgan fingerprint density at radius 2 is 1.78 bits per heavy atom. The summed E-state index contributed by atoms with van der Waals surface area (Å²) < 4.78 is 0. The van der Waals surface area contributed by atoms with Crippen molar-refractivity contribution in [2.24, 2.45) is 0 Å². The average Bonchev–Trinajstić information content (AvgIpc) is 2.77. The molecule has 0 heterocycles. The molecular formula is C25H24Cl3NO3. The first-order chi connectivity index (χ1) is 14.9. The zero-order chi connectivity index (χ0) is 22.0. The van der Waals surface area contributed by atoms with Crippen molar-refractivity contribution in [3.63, 3.8) is 0 Å². The van der Waals surface area contributed by atoms with Crippen LogP contribution >= 0.6 is 35.6 Å². The van der Waals surface area contributed by atoms with Crippen LogP contribution in [0, 0.1) is 0 Å². The maximum atomic E-state index is 11.2. The minimum absolute atomic E-state index is 0. The summed E-state index contributed by atoms with van der Waals surface area (Å²) in [4.78, 5) is 11.2. The number of fused-ring (bicyclic) bond motifs is 1. The summed E-state index contributed by atoms with van der Waals surface area (Å²) in [6.45, 7) is 0.476. The second-order valence-electron chi connectivity index (χ2n) is 7.90. The van der Waals surface area contributed by atoms with Crippen LogP contribution in [-0.4, -0.2) is 28.8 Å². The Hall–Kier alpha value is -2.08. The average molecular weight is 493 g/mol. The lowest BCUT2D eigenvalue weighted by Gasteiger charge is -2.27. The SMILES string of the molecule is Cl.O=C(O)c1ccc(-c2ccc3c(c2)C[C@@H](NC[C@H](O)c2ccc(Cl)cc2)CC3)c(Cl)c1. The summed E-state index contributed by atoms with van der Waals surface area (Å²) in [5.74, 6) is -0.992. The number of benzene rings is 3. The van der Waals surface area contributed by atoms with Crippen LogP contribution in [0.2, 0.25) is 10.0 Å². The number of halogens is 3. The Bertz CT molecular complexity index is 1100. The maximum Gasteiger partial charge on any atom is 0.335 e. The molecular weight excluding hydrogens is 469 g/mol. The van der Waals surface area contributed by atoms with Crippen LogP contribution in [0.5, 0.6) is 0 Å². The van der Waals surface area contributed by atoms with E-state index >= 15 is 0 Å². The first-order valence-corrected chi connectivity index (χ1v) is 11.0. The third-order valence-corrected chi connectivity index (χ3v) is 6.38. The summed E-state index contributed by atoms with van der Waals surface area (Å²) in [5.41, 5.74) is 5.38. The Morgan fingerprint density at radius 3 is 2.47 bits per heavy atom. The predicted molar refractivity (Wildman–Crippen MR) is 131 cm³/mol. The van der Waals surface area contributed by atoms with Crippen LogP contribution in [0.4, 0.5) is 0 Å². The van der Waals surface area contributed by atoms with Crippen molar-refractivity contribution in [2.45, 2.75) is 31.4 Å². The Balaban J connectivity index is 0.00000289. The molecule has 7 heteroatoms. The molecule has 0 saturated heterocycles. The largest absolute Gasteiger partial charge is 0.478 e. The van der Waals surface area contributed by atoms with Crippen molar-refractivity contribution in [3.8, 4) is 11.1 Å². The third kappa shape index (κ3) is 5.64. The molecule has 0 amide bonds. The fraction of sp³-hybridized carbons (Fsp3) is 0.240. The van der Waals surface area contributed by atoms with Crippen LogP contribution in [0.15, 0.2) is 60.7 Å². The number of aliphatic hydroxyl groups excluding tert-OH is 1. The monoisotopic (exact) mass is 491 g/mol. The number of nitrogens with one attached hydrogen (secondary N) is 1. The number of hydrogen-bond donors (Lipinski definition) is 3. The van der Waals surface area contributed by atoms with Gasteiger partial charge < -0.3 is 15.5 Å². The number of aromatic carboxylic acids is 1. The molecule has 0 aromatic heterocycles. The van der Waals surface area contributed by atoms with E-state index in [0.717, 1.165) is 36.0 Å². The highest BCUT2D eigenvalue weighted by molar-refractivity contribution is 6.33. The highest BCUT2D eigenvalue weighted by atomic mass is 35.5. The Morgan fingerprint density at radius 1 is 1.03 bits per heavy atom. The van der Waals surface area contributed by atoms with E-state index in [1.807, 2.05) is 18.2 Å². The second-order valence-corrected chi connectivity index (χ2v) is 8.74. The van der Waals surface area contributed by atoms with E-state index in [1.54, 1.807) is 24.3 Å². The van der Waals surface area contributed by atoms with Crippen LogP contribution in [0.1, 0.15) is 39.6 Å². The molecule has 2 atom stereocenters. The zero-order valence-corrected chi connectivity index (χ0v) is 19.6. The fourth-order valence-electron chi connectivity index (χ4n) is 4.06. The molecule has 0 unspecified atom stereocenters. The van der Waals surface area contributed by atoms with Crippen molar-refractivity contribution in [1.82, 2.24) is 5.32 Å². The molecule has 3 N–H and O–H groups in total. The van der Waals surface area contributed by atoms with Crippen LogP contribution in [0.3, 0.4) is 0 Å². The van der Waals surface area contributed by atoms with Gasteiger partial charge in [-0.05, 0) is 65.8 Å². The van der Waals surface area contributed by atoms with Gasteiger partial charge in [0.05, 0.1) is 11.7 Å². The van der Waals surface area contributed by atoms with Crippen LogP contribution in [0.25, 0.3) is 11.1 Å². The van der Waals surface area contributed by atoms with E-state index in [-0.39, 0.29) is 24.0 Å². The number of hydrogen-bond acceptors (Lipinski definition) is 3. The standard InChI is InChI=1S/C25H23Cl2NO3.ClH/c26-20-7-3-16(4-8-20)24(29)14-28-21-9-5-15-1-2-17(11-19(15)12-21)22-10-6-18(25(30)31)13-23(22)27;/h1-4,6-8,10-11,13,21,24,28-29H,5,9,12,14H2,(H,30,31);1H/t21-,24-;/m0./s1. The molecule has 4 nitrogen and oxygen atoms in total. The molecule has 0 aliphatic heterocycles. The van der Waals surface area contributed by atoms with Crippen LogP contribution < -0.4 is 5.32 Å². The second kappa shape index (κ2) is 10.7. The lowest BCUT2D eigenvalue weighted by atomic mass is 9.86. The van der Waals surface area contributed by atoms with Gasteiger partial charge in [0.2, 0.25) is 0 Å². The fourth-order valence-corrected chi connectivity index (χ4v) is 4.48. The number of carbonyl (C=O) groups is 1. The molecule has 0 saturated carbocycles. The zero-order valence-electron chi connectivity index (χ0n) is 17.2. The normalized spacial score (nSPS) is 16.0. The summed E-state index contributed by atoms with van der Waals surface area (Å²) in [6.07, 6.45) is 2.25. The smallest absolute Gasteiger partial charge is 0.335 e. The molecule has 0 radical (unpaired) electrons. The van der Waals surface area contributed by atoms with Crippen molar-refractivity contribution >= 4 is 41.6 Å². The molecule has 32 heavy (non-hydrogen) atoms. The highest BCUT2D eigenvalue weighted by Gasteiger charge is 2.20. The number of carboxylic acid groups (broad SMARTS) is 1. The first kappa shape index (κ1) is 24.6. The van der Waals surface area contributed by atoms with E-state index in [2.05, 4.69) is 17.4 Å². The predicted octanol–water partition coefficient (Wildman–Crippen LogP) is 5.96. The summed E-state index contributed by atoms with van der Waals surface area (Å²) >= 11 is 12.3. The molecule has 0 bridgehead atoms. The molecule has 1 aliphatic carbocycles. The van der Waals surface area contributed by atoms with E-state index in [9.17, 15) is 9.90 Å². The lowest BCUT2D eigenvalue weighted by molar-refractivity contribution is 0.0697. The van der Waals surface area contributed by atoms with Gasteiger partial charge in [-0.15, -0.1) is 12.4 Å². The minimum atomic E-state index is -0.992. The molecule has 0 spiro atoms. The topological polar surface area (TPSA) is 69.6 Å². The van der Waals surface area contributed by atoms with Gasteiger partial charge in [-0.2, -0.15) is 0 Å². The first-order valence-electron chi connectivity index (χ1n) is 10.2. The van der Waals surface area contributed by atoms with Crippen LogP contribution in [-0.2, 0) is 12.8 Å². The van der Waals surface area contributed by atoms with Gasteiger partial charge in [-0.3, -0.25) is 0 Å². The molecule has 4 rings (SSSR count). The van der Waals surface area contributed by atoms with E-state index < -0.39 is 12.1 Å². The summed E-state index contributed by atoms with van der Waals surface area (Å²) in [6, 6.07) is 18.7. The van der Waals surface area contributed by atoms with E-state index in [4.69, 9.17) is 28.3 Å². The number of carboxylic acids is 1. The van der Waals surface area contributed by atoms with Gasteiger partial charge in [0.15, 0.2) is 0 Å². The van der Waals surface area contributed by atoms with Gasteiger partial charge in [0, 0.05) is 28.2 Å². The van der Waals surface area contributed by atoms with Crippen molar-refractivity contribution in [3.05, 3.63) is 93.0 Å². The van der Waals surface area contributed by atoms with E-state index in [1.165, 1.54) is 17.2 Å². The Kier molecular flexibility index (Phi) is 8.21. The number of aryl methyl sites for hydroxylation is 1. The van der Waals surface area contributed by atoms with Gasteiger partial charge in [-0.1, -0.05) is 59.6 Å². The lowest BCUT2D eigenvalue weighted by Crippen LogP contribution is -2.37. The van der Waals surface area contributed by atoms with Gasteiger partial charge in [0.25, 0.3) is 0 Å². The minimum Gasteiger partial charge on any atom is -0.478 e. The quantitative estimate of drug-likeness (QED) is 0.397. The van der Waals surface area contributed by atoms with E-state index in [0.29, 0.717) is 16.6 Å².